The zero-order valence-electron chi connectivity index (χ0n) is 14.1. The Hall–Kier alpha value is -1.88. The first-order valence-corrected chi connectivity index (χ1v) is 7.61. The standard InChI is InChI=1S/C17H25N3O2/c1-12(2)8-16-18-17(22-19-16)11-20(4)10-14-6-7-15(21-5)13(3)9-14/h6-7,9,12H,8,10-11H2,1-5H3. The highest BCUT2D eigenvalue weighted by Gasteiger charge is 2.11. The van der Waals surface area contributed by atoms with E-state index >= 15 is 0 Å². The topological polar surface area (TPSA) is 51.4 Å². The average molecular weight is 303 g/mol. The molecule has 0 aliphatic heterocycles. The minimum atomic E-state index is 0.533. The molecule has 0 unspecified atom stereocenters. The second-order valence-electron chi connectivity index (χ2n) is 6.18. The van der Waals surface area contributed by atoms with Crippen molar-refractivity contribution in [3.63, 3.8) is 0 Å². The molecule has 0 bridgehead atoms. The van der Waals surface area contributed by atoms with E-state index < -0.39 is 0 Å². The zero-order chi connectivity index (χ0) is 16.1. The van der Waals surface area contributed by atoms with Gasteiger partial charge in [-0.25, -0.2) is 0 Å². The van der Waals surface area contributed by atoms with Crippen LogP contribution in [0.4, 0.5) is 0 Å². The molecule has 0 fully saturated rings. The minimum absolute atomic E-state index is 0.533. The smallest absolute Gasteiger partial charge is 0.240 e. The average Bonchev–Trinajstić information content (AvgIpc) is 2.85. The molecule has 0 saturated carbocycles. The fraction of sp³-hybridized carbons (Fsp3) is 0.529. The van der Waals surface area contributed by atoms with Gasteiger partial charge in [-0.1, -0.05) is 31.1 Å². The van der Waals surface area contributed by atoms with Gasteiger partial charge < -0.3 is 9.26 Å². The Morgan fingerprint density at radius 3 is 2.68 bits per heavy atom. The molecule has 120 valence electrons. The monoisotopic (exact) mass is 303 g/mol. The first kappa shape index (κ1) is 16.5. The van der Waals surface area contributed by atoms with Gasteiger partial charge in [0.05, 0.1) is 13.7 Å². The summed E-state index contributed by atoms with van der Waals surface area (Å²) >= 11 is 0. The third kappa shape index (κ3) is 4.56. The molecule has 0 N–H and O–H groups in total. The van der Waals surface area contributed by atoms with Crippen molar-refractivity contribution < 1.29 is 9.26 Å². The number of nitrogens with zero attached hydrogens (tertiary/aromatic N) is 3. The normalized spacial score (nSPS) is 11.4. The maximum absolute atomic E-state index is 5.31. The van der Waals surface area contributed by atoms with Crippen LogP contribution < -0.4 is 4.74 Å². The van der Waals surface area contributed by atoms with Gasteiger partial charge in [0.2, 0.25) is 5.89 Å². The lowest BCUT2D eigenvalue weighted by Gasteiger charge is -2.15. The van der Waals surface area contributed by atoms with Crippen molar-refractivity contribution in [2.45, 2.75) is 40.3 Å². The van der Waals surface area contributed by atoms with Crippen molar-refractivity contribution in [3.8, 4) is 5.75 Å². The van der Waals surface area contributed by atoms with E-state index in [0.29, 0.717) is 18.4 Å². The Balaban J connectivity index is 1.93. The molecule has 2 rings (SSSR count). The second kappa shape index (κ2) is 7.40. The van der Waals surface area contributed by atoms with Gasteiger partial charge in [-0.3, -0.25) is 4.90 Å². The van der Waals surface area contributed by atoms with Crippen molar-refractivity contribution in [2.24, 2.45) is 5.92 Å². The maximum atomic E-state index is 5.31. The van der Waals surface area contributed by atoms with Crippen molar-refractivity contribution in [1.82, 2.24) is 15.0 Å². The summed E-state index contributed by atoms with van der Waals surface area (Å²) in [5.74, 6) is 2.91. The summed E-state index contributed by atoms with van der Waals surface area (Å²) in [7, 11) is 3.74. The van der Waals surface area contributed by atoms with Gasteiger partial charge in [0.1, 0.15) is 5.75 Å². The number of hydrogen-bond acceptors (Lipinski definition) is 5. The summed E-state index contributed by atoms with van der Waals surface area (Å²) < 4.78 is 10.6. The van der Waals surface area contributed by atoms with Crippen LogP contribution in [0.25, 0.3) is 0 Å². The first-order chi connectivity index (χ1) is 10.5. The molecule has 1 heterocycles. The number of rotatable bonds is 7. The Morgan fingerprint density at radius 2 is 2.05 bits per heavy atom. The molecule has 0 amide bonds. The van der Waals surface area contributed by atoms with Gasteiger partial charge in [0.15, 0.2) is 5.82 Å². The molecule has 0 atom stereocenters. The van der Waals surface area contributed by atoms with Crippen molar-refractivity contribution in [2.75, 3.05) is 14.2 Å². The molecular formula is C17H25N3O2. The number of aryl methyl sites for hydroxylation is 1. The quantitative estimate of drug-likeness (QED) is 0.786. The minimum Gasteiger partial charge on any atom is -0.496 e. The molecule has 0 radical (unpaired) electrons. The summed E-state index contributed by atoms with van der Waals surface area (Å²) in [6.45, 7) is 7.82. The Morgan fingerprint density at radius 1 is 1.27 bits per heavy atom. The van der Waals surface area contributed by atoms with Crippen LogP contribution in [0.2, 0.25) is 0 Å². The van der Waals surface area contributed by atoms with Crippen molar-refractivity contribution in [1.29, 1.82) is 0 Å². The van der Waals surface area contributed by atoms with Crippen LogP contribution in [0.1, 0.15) is 36.7 Å². The van der Waals surface area contributed by atoms with Crippen LogP contribution in [-0.4, -0.2) is 29.2 Å². The molecule has 2 aromatic rings. The molecule has 1 aromatic carbocycles. The molecule has 5 nitrogen and oxygen atoms in total. The van der Waals surface area contributed by atoms with Gasteiger partial charge in [0, 0.05) is 13.0 Å². The predicted molar refractivity (Wildman–Crippen MR) is 85.7 cm³/mol. The summed E-state index contributed by atoms with van der Waals surface area (Å²) in [6.07, 6.45) is 0.852. The van der Waals surface area contributed by atoms with Crippen molar-refractivity contribution >= 4 is 0 Å². The zero-order valence-corrected chi connectivity index (χ0v) is 14.1. The number of aromatic nitrogens is 2. The molecule has 0 aliphatic carbocycles. The Kier molecular flexibility index (Phi) is 5.55. The van der Waals surface area contributed by atoms with Gasteiger partial charge in [-0.2, -0.15) is 4.98 Å². The molecule has 5 heteroatoms. The van der Waals surface area contributed by atoms with Gasteiger partial charge in [0.25, 0.3) is 0 Å². The summed E-state index contributed by atoms with van der Waals surface area (Å²) in [4.78, 5) is 6.60. The first-order valence-electron chi connectivity index (χ1n) is 7.61. The number of ether oxygens (including phenoxy) is 1. The number of methoxy groups -OCH3 is 1. The highest BCUT2D eigenvalue weighted by Crippen LogP contribution is 2.19. The van der Waals surface area contributed by atoms with Crippen molar-refractivity contribution in [3.05, 3.63) is 41.0 Å². The van der Waals surface area contributed by atoms with E-state index in [9.17, 15) is 0 Å². The highest BCUT2D eigenvalue weighted by molar-refractivity contribution is 5.36. The molecule has 0 saturated heterocycles. The summed E-state index contributed by atoms with van der Waals surface area (Å²) in [6, 6.07) is 6.24. The fourth-order valence-electron chi connectivity index (χ4n) is 2.44. The Labute approximate surface area is 132 Å². The third-order valence-corrected chi connectivity index (χ3v) is 3.42. The van der Waals surface area contributed by atoms with Crippen LogP contribution in [0.5, 0.6) is 5.75 Å². The molecule has 0 aliphatic rings. The number of hydrogen-bond donors (Lipinski definition) is 0. The van der Waals surface area contributed by atoms with E-state index in [1.807, 2.05) is 13.1 Å². The number of benzene rings is 1. The van der Waals surface area contributed by atoms with E-state index in [1.165, 1.54) is 5.56 Å². The largest absolute Gasteiger partial charge is 0.496 e. The maximum Gasteiger partial charge on any atom is 0.240 e. The summed E-state index contributed by atoms with van der Waals surface area (Å²) in [5.41, 5.74) is 2.38. The van der Waals surface area contributed by atoms with Crippen LogP contribution in [0.3, 0.4) is 0 Å². The van der Waals surface area contributed by atoms with Gasteiger partial charge in [-0.15, -0.1) is 0 Å². The van der Waals surface area contributed by atoms with Crippen LogP contribution in [-0.2, 0) is 19.5 Å². The Bertz CT molecular complexity index is 608. The van der Waals surface area contributed by atoms with E-state index in [0.717, 1.165) is 30.1 Å². The third-order valence-electron chi connectivity index (χ3n) is 3.42. The van der Waals surface area contributed by atoms with Crippen LogP contribution in [0.15, 0.2) is 22.7 Å². The summed E-state index contributed by atoms with van der Waals surface area (Å²) in [5, 5.41) is 4.02. The lowest BCUT2D eigenvalue weighted by Crippen LogP contribution is -2.17. The van der Waals surface area contributed by atoms with E-state index in [1.54, 1.807) is 7.11 Å². The molecule has 22 heavy (non-hydrogen) atoms. The van der Waals surface area contributed by atoms with E-state index in [-0.39, 0.29) is 0 Å². The van der Waals surface area contributed by atoms with E-state index in [2.05, 4.69) is 47.9 Å². The lowest BCUT2D eigenvalue weighted by molar-refractivity contribution is 0.260. The molecule has 1 aromatic heterocycles. The SMILES string of the molecule is COc1ccc(CN(C)Cc2nc(CC(C)C)no2)cc1C. The predicted octanol–water partition coefficient (Wildman–Crippen LogP) is 3.22. The van der Waals surface area contributed by atoms with Crippen LogP contribution in [0, 0.1) is 12.8 Å². The van der Waals surface area contributed by atoms with Crippen LogP contribution >= 0.6 is 0 Å². The fourth-order valence-corrected chi connectivity index (χ4v) is 2.44. The lowest BCUT2D eigenvalue weighted by atomic mass is 10.1. The van der Waals surface area contributed by atoms with E-state index in [4.69, 9.17) is 9.26 Å². The highest BCUT2D eigenvalue weighted by atomic mass is 16.5. The van der Waals surface area contributed by atoms with Gasteiger partial charge in [-0.05, 0) is 37.1 Å². The second-order valence-corrected chi connectivity index (χ2v) is 6.18. The molecular weight excluding hydrogens is 278 g/mol. The van der Waals surface area contributed by atoms with Gasteiger partial charge >= 0.3 is 0 Å². The molecule has 0 spiro atoms.